The van der Waals surface area contributed by atoms with Crippen LogP contribution >= 0.6 is 0 Å². The molecule has 1 aliphatic rings. The van der Waals surface area contributed by atoms with E-state index in [0.717, 1.165) is 16.7 Å². The maximum atomic E-state index is 13.6. The zero-order chi connectivity index (χ0) is 27.4. The highest BCUT2D eigenvalue weighted by atomic mass is 32.2. The largest absolute Gasteiger partial charge is 0.493 e. The number of ketones is 1. The molecule has 0 spiro atoms. The van der Waals surface area contributed by atoms with Crippen molar-refractivity contribution in [3.8, 4) is 17.2 Å². The number of carbonyl (C=O) groups excluding carboxylic acids is 1. The van der Waals surface area contributed by atoms with Gasteiger partial charge in [0.1, 0.15) is 23.0 Å². The van der Waals surface area contributed by atoms with Crippen LogP contribution < -0.4 is 13.7 Å². The topological polar surface area (TPSA) is 91.3 Å². The molecule has 0 unspecified atom stereocenters. The van der Waals surface area contributed by atoms with Crippen molar-refractivity contribution in [3.63, 3.8) is 0 Å². The van der Waals surface area contributed by atoms with Gasteiger partial charge in [-0.05, 0) is 60.9 Å². The molecule has 0 amide bonds. The third-order valence-electron chi connectivity index (χ3n) is 6.36. The molecule has 198 valence electrons. The minimum absolute atomic E-state index is 0.0350. The van der Waals surface area contributed by atoms with Crippen molar-refractivity contribution >= 4 is 21.6 Å². The van der Waals surface area contributed by atoms with E-state index in [-0.39, 0.29) is 27.7 Å². The van der Waals surface area contributed by atoms with Crippen molar-refractivity contribution in [2.75, 3.05) is 13.7 Å². The van der Waals surface area contributed by atoms with Crippen LogP contribution in [0.15, 0.2) is 101 Å². The van der Waals surface area contributed by atoms with Crippen LogP contribution in [0.4, 0.5) is 0 Å². The van der Waals surface area contributed by atoms with Gasteiger partial charge in [-0.3, -0.25) is 9.79 Å². The molecule has 4 aromatic carbocycles. The quantitative estimate of drug-likeness (QED) is 0.203. The van der Waals surface area contributed by atoms with Crippen molar-refractivity contribution in [2.24, 2.45) is 4.99 Å². The van der Waals surface area contributed by atoms with Gasteiger partial charge in [-0.2, -0.15) is 8.42 Å². The minimum atomic E-state index is -4.06. The minimum Gasteiger partial charge on any atom is -0.493 e. The Morgan fingerprint density at radius 1 is 0.897 bits per heavy atom. The molecule has 5 rings (SSSR count). The second kappa shape index (κ2) is 11.1. The van der Waals surface area contributed by atoms with Gasteiger partial charge in [0, 0.05) is 17.7 Å². The lowest BCUT2D eigenvalue weighted by molar-refractivity contribution is 0.106. The lowest BCUT2D eigenvalue weighted by Crippen LogP contribution is -2.22. The summed E-state index contributed by atoms with van der Waals surface area (Å²) in [4.78, 5) is 18.1. The van der Waals surface area contributed by atoms with Crippen LogP contribution in [0.3, 0.4) is 0 Å². The summed E-state index contributed by atoms with van der Waals surface area (Å²) in [6.07, 6.45) is 0.649. The third kappa shape index (κ3) is 5.86. The molecule has 0 aromatic heterocycles. The highest BCUT2D eigenvalue weighted by Gasteiger charge is 2.25. The number of nitrogens with zero attached hydrogens (tertiary/aromatic N) is 1. The Hall–Kier alpha value is -4.43. The van der Waals surface area contributed by atoms with Gasteiger partial charge in [0.25, 0.3) is 0 Å². The Morgan fingerprint density at radius 3 is 2.41 bits per heavy atom. The summed E-state index contributed by atoms with van der Waals surface area (Å²) in [7, 11) is -2.51. The number of Topliss-reactive ketones (excluding diaryl/α,β-unsaturated/α-hetero) is 1. The average molecular weight is 542 g/mol. The molecule has 8 heteroatoms. The second-order valence-corrected chi connectivity index (χ2v) is 10.7. The molecule has 0 saturated heterocycles. The highest BCUT2D eigenvalue weighted by Crippen LogP contribution is 2.34. The molecule has 0 aliphatic carbocycles. The van der Waals surface area contributed by atoms with Gasteiger partial charge >= 0.3 is 10.1 Å². The van der Waals surface area contributed by atoms with Gasteiger partial charge in [0.15, 0.2) is 11.5 Å². The highest BCUT2D eigenvalue weighted by molar-refractivity contribution is 7.87. The van der Waals surface area contributed by atoms with E-state index in [9.17, 15) is 13.2 Å². The summed E-state index contributed by atoms with van der Waals surface area (Å²) in [6.45, 7) is 2.69. The fourth-order valence-electron chi connectivity index (χ4n) is 4.31. The first-order valence-corrected chi connectivity index (χ1v) is 13.8. The van der Waals surface area contributed by atoms with Crippen LogP contribution in [0.25, 0.3) is 0 Å². The van der Waals surface area contributed by atoms with Crippen molar-refractivity contribution < 1.29 is 26.9 Å². The number of methoxy groups -OCH3 is 1. The molecular formula is C31H27NO6S. The van der Waals surface area contributed by atoms with Crippen molar-refractivity contribution in [2.45, 2.75) is 24.8 Å². The predicted molar refractivity (Wildman–Crippen MR) is 149 cm³/mol. The molecule has 4 aromatic rings. The van der Waals surface area contributed by atoms with E-state index >= 15 is 0 Å². The van der Waals surface area contributed by atoms with Gasteiger partial charge < -0.3 is 13.7 Å². The molecule has 0 saturated carbocycles. The molecule has 39 heavy (non-hydrogen) atoms. The number of fused-ring (bicyclic) bond motifs is 1. The van der Waals surface area contributed by atoms with Crippen LogP contribution in [0.1, 0.15) is 32.6 Å². The number of benzene rings is 4. The number of aryl methyl sites for hydroxylation is 1. The van der Waals surface area contributed by atoms with E-state index in [2.05, 4.69) is 4.99 Å². The van der Waals surface area contributed by atoms with Crippen molar-refractivity contribution in [1.29, 1.82) is 0 Å². The summed E-state index contributed by atoms with van der Waals surface area (Å²) in [5.41, 5.74) is 4.09. The first-order valence-electron chi connectivity index (χ1n) is 12.4. The van der Waals surface area contributed by atoms with E-state index in [4.69, 9.17) is 13.7 Å². The lowest BCUT2D eigenvalue weighted by atomic mass is 9.92. The molecule has 1 heterocycles. The summed E-state index contributed by atoms with van der Waals surface area (Å²) in [5.74, 6) is 0.785. The van der Waals surface area contributed by atoms with Gasteiger partial charge in [-0.15, -0.1) is 0 Å². The van der Waals surface area contributed by atoms with Crippen LogP contribution in [-0.4, -0.2) is 33.6 Å². The number of carbonyl (C=O) groups is 1. The van der Waals surface area contributed by atoms with Crippen molar-refractivity contribution in [3.05, 3.63) is 119 Å². The predicted octanol–water partition coefficient (Wildman–Crippen LogP) is 5.58. The molecule has 7 nitrogen and oxygen atoms in total. The normalized spacial score (nSPS) is 12.7. The summed E-state index contributed by atoms with van der Waals surface area (Å²) >= 11 is 0. The van der Waals surface area contributed by atoms with Gasteiger partial charge in [0.2, 0.25) is 5.78 Å². The SMILES string of the molecule is COc1cc2c(cc1OCc1ccccc1)CCN=C2C(=O)c1cccc(OS(=O)(=O)c2ccc(C)cc2)c1. The zero-order valence-electron chi connectivity index (χ0n) is 21.6. The first kappa shape index (κ1) is 26.2. The zero-order valence-corrected chi connectivity index (χ0v) is 22.4. The molecule has 0 radical (unpaired) electrons. The molecule has 0 atom stereocenters. The Kier molecular flexibility index (Phi) is 7.47. The Balaban J connectivity index is 1.39. The summed E-state index contributed by atoms with van der Waals surface area (Å²) < 4.78 is 42.5. The number of rotatable bonds is 9. The number of ether oxygens (including phenoxy) is 2. The number of hydrogen-bond acceptors (Lipinski definition) is 7. The fraction of sp³-hybridized carbons (Fsp3) is 0.161. The third-order valence-corrected chi connectivity index (χ3v) is 7.62. The molecule has 1 aliphatic heterocycles. The monoisotopic (exact) mass is 541 g/mol. The van der Waals surface area contributed by atoms with Crippen molar-refractivity contribution in [1.82, 2.24) is 0 Å². The van der Waals surface area contributed by atoms with E-state index in [0.29, 0.717) is 36.6 Å². The molecule has 0 bridgehead atoms. The molecule has 0 N–H and O–H groups in total. The molecular weight excluding hydrogens is 514 g/mol. The Labute approximate surface area is 227 Å². The van der Waals surface area contributed by atoms with Crippen LogP contribution in [-0.2, 0) is 23.1 Å². The standard InChI is InChI=1S/C31H27NO6S/c1-21-11-13-26(14-12-21)39(34,35)38-25-10-6-9-24(17-25)31(33)30-27-19-28(36-2)29(18-23(27)15-16-32-30)37-20-22-7-4-3-5-8-22/h3-14,17-19H,15-16,20H2,1-2H3. The van der Waals surface area contributed by atoms with Crippen LogP contribution in [0.2, 0.25) is 0 Å². The van der Waals surface area contributed by atoms with Gasteiger partial charge in [-0.1, -0.05) is 60.2 Å². The van der Waals surface area contributed by atoms with E-state index in [1.54, 1.807) is 37.4 Å². The fourth-order valence-corrected chi connectivity index (χ4v) is 5.23. The number of aliphatic imine (C=N–C) groups is 1. The van der Waals surface area contributed by atoms with E-state index < -0.39 is 10.1 Å². The smallest absolute Gasteiger partial charge is 0.339 e. The van der Waals surface area contributed by atoms with Crippen LogP contribution in [0, 0.1) is 6.92 Å². The first-order chi connectivity index (χ1) is 18.8. The van der Waals surface area contributed by atoms with E-state index in [1.807, 2.05) is 43.3 Å². The van der Waals surface area contributed by atoms with Gasteiger partial charge in [-0.25, -0.2) is 0 Å². The number of hydrogen-bond donors (Lipinski definition) is 0. The average Bonchev–Trinajstić information content (AvgIpc) is 2.95. The van der Waals surface area contributed by atoms with E-state index in [1.165, 1.54) is 24.3 Å². The summed E-state index contributed by atoms with van der Waals surface area (Å²) in [6, 6.07) is 26.0. The Bertz CT molecular complexity index is 1640. The maximum absolute atomic E-state index is 13.6. The van der Waals surface area contributed by atoms with Gasteiger partial charge in [0.05, 0.1) is 7.11 Å². The summed E-state index contributed by atoms with van der Waals surface area (Å²) in [5, 5.41) is 0. The maximum Gasteiger partial charge on any atom is 0.339 e. The van der Waals surface area contributed by atoms with Crippen LogP contribution in [0.5, 0.6) is 17.2 Å². The second-order valence-electron chi connectivity index (χ2n) is 9.12. The lowest BCUT2D eigenvalue weighted by Gasteiger charge is -2.20. The molecule has 0 fully saturated rings. The Morgan fingerprint density at radius 2 is 1.67 bits per heavy atom.